The Balaban J connectivity index is 1.51. The minimum atomic E-state index is -0.968. The van der Waals surface area contributed by atoms with Gasteiger partial charge >= 0.3 is 0 Å². The van der Waals surface area contributed by atoms with Crippen molar-refractivity contribution in [3.05, 3.63) is 94.1 Å². The van der Waals surface area contributed by atoms with Crippen LogP contribution in [0.3, 0.4) is 0 Å². The van der Waals surface area contributed by atoms with Crippen molar-refractivity contribution < 1.29 is 19.2 Å². The normalized spacial score (nSPS) is 15.1. The molecule has 208 valence electrons. The number of hydrogen-bond donors (Lipinski definition) is 3. The van der Waals surface area contributed by atoms with Crippen LogP contribution in [0.1, 0.15) is 52.4 Å². The van der Waals surface area contributed by atoms with Crippen molar-refractivity contribution in [2.24, 2.45) is 5.73 Å². The molecule has 0 saturated carbocycles. The highest BCUT2D eigenvalue weighted by Gasteiger charge is 2.37. The van der Waals surface area contributed by atoms with Crippen LogP contribution in [-0.4, -0.2) is 52.5 Å². The molecule has 3 amide bonds. The predicted molar refractivity (Wildman–Crippen MR) is 153 cm³/mol. The third-order valence-corrected chi connectivity index (χ3v) is 7.30. The second-order valence-electron chi connectivity index (χ2n) is 9.67. The fourth-order valence-corrected chi connectivity index (χ4v) is 4.87. The molecular formula is C30H32ClN5O4. The first kappa shape index (κ1) is 28.9. The van der Waals surface area contributed by atoms with E-state index >= 15 is 0 Å². The molecule has 1 aliphatic heterocycles. The quantitative estimate of drug-likeness (QED) is 0.324. The maximum atomic E-state index is 13.7. The summed E-state index contributed by atoms with van der Waals surface area (Å²) in [6.45, 7) is 2.25. The molecule has 0 spiro atoms. The Kier molecular flexibility index (Phi) is 9.63. The van der Waals surface area contributed by atoms with E-state index in [-0.39, 0.29) is 43.3 Å². The first-order chi connectivity index (χ1) is 19.3. The number of nitrogens with one attached hydrogen (secondary N) is 2. The molecule has 0 radical (unpaired) electrons. The molecule has 2 aromatic carbocycles. The van der Waals surface area contributed by atoms with Gasteiger partial charge in [-0.25, -0.2) is 4.98 Å². The van der Waals surface area contributed by atoms with Crippen LogP contribution >= 0.6 is 11.6 Å². The molecule has 1 unspecified atom stereocenters. The van der Waals surface area contributed by atoms with Gasteiger partial charge in [-0.15, -0.1) is 0 Å². The van der Waals surface area contributed by atoms with E-state index in [0.717, 1.165) is 11.1 Å². The molecule has 3 aromatic rings. The lowest BCUT2D eigenvalue weighted by molar-refractivity contribution is -0.142. The van der Waals surface area contributed by atoms with Crippen molar-refractivity contribution >= 4 is 40.9 Å². The van der Waals surface area contributed by atoms with Crippen LogP contribution in [0.5, 0.6) is 0 Å². The number of amides is 3. The highest BCUT2D eigenvalue weighted by atomic mass is 35.5. The number of aryl methyl sites for hydroxylation is 1. The van der Waals surface area contributed by atoms with E-state index in [0.29, 0.717) is 29.1 Å². The van der Waals surface area contributed by atoms with Crippen molar-refractivity contribution in [2.45, 2.75) is 44.7 Å². The van der Waals surface area contributed by atoms with Crippen molar-refractivity contribution in [1.29, 1.82) is 0 Å². The third-order valence-electron chi connectivity index (χ3n) is 6.89. The Morgan fingerprint density at radius 1 is 1.07 bits per heavy atom. The van der Waals surface area contributed by atoms with Gasteiger partial charge in [-0.3, -0.25) is 19.2 Å². The number of carbonyl (C=O) groups excluding carboxylic acids is 4. The van der Waals surface area contributed by atoms with Gasteiger partial charge in [0.25, 0.3) is 0 Å². The molecule has 1 aliphatic rings. The zero-order valence-corrected chi connectivity index (χ0v) is 23.0. The van der Waals surface area contributed by atoms with Gasteiger partial charge in [0.2, 0.25) is 17.7 Å². The van der Waals surface area contributed by atoms with Crippen LogP contribution in [0.2, 0.25) is 5.02 Å². The lowest BCUT2D eigenvalue weighted by Crippen LogP contribution is -2.52. The average molecular weight is 562 g/mol. The van der Waals surface area contributed by atoms with Crippen LogP contribution in [-0.2, 0) is 20.8 Å². The zero-order chi connectivity index (χ0) is 28.6. The summed E-state index contributed by atoms with van der Waals surface area (Å²) in [6.07, 6.45) is 2.28. The second-order valence-corrected chi connectivity index (χ2v) is 10.1. The van der Waals surface area contributed by atoms with Gasteiger partial charge in [0, 0.05) is 36.2 Å². The Bertz CT molecular complexity index is 1400. The van der Waals surface area contributed by atoms with Gasteiger partial charge in [0.1, 0.15) is 17.9 Å². The maximum absolute atomic E-state index is 13.7. The minimum absolute atomic E-state index is 0.0274. The fraction of sp³-hybridized carbons (Fsp3) is 0.300. The van der Waals surface area contributed by atoms with E-state index < -0.39 is 23.9 Å². The molecule has 0 fully saturated rings. The Morgan fingerprint density at radius 2 is 1.80 bits per heavy atom. The summed E-state index contributed by atoms with van der Waals surface area (Å²) in [4.78, 5) is 58.5. The number of benzene rings is 2. The van der Waals surface area contributed by atoms with E-state index in [1.54, 1.807) is 37.4 Å². The highest BCUT2D eigenvalue weighted by molar-refractivity contribution is 6.31. The molecule has 1 aromatic heterocycles. The van der Waals surface area contributed by atoms with Gasteiger partial charge in [-0.2, -0.15) is 0 Å². The van der Waals surface area contributed by atoms with Gasteiger partial charge in [-0.05, 0) is 49.1 Å². The lowest BCUT2D eigenvalue weighted by Gasteiger charge is -2.37. The number of anilines is 1. The molecule has 4 rings (SSSR count). The number of hydrogen-bond acceptors (Lipinski definition) is 6. The van der Waals surface area contributed by atoms with Crippen molar-refractivity contribution in [2.75, 3.05) is 18.4 Å². The summed E-state index contributed by atoms with van der Waals surface area (Å²) in [6, 6.07) is 15.8. The Morgan fingerprint density at radius 3 is 2.52 bits per heavy atom. The van der Waals surface area contributed by atoms with Crippen LogP contribution in [0.25, 0.3) is 0 Å². The number of ketones is 1. The predicted octanol–water partition coefficient (Wildman–Crippen LogP) is 3.60. The number of carbonyl (C=O) groups is 4. The van der Waals surface area contributed by atoms with Gasteiger partial charge in [0.15, 0.2) is 5.78 Å². The number of aromatic nitrogens is 1. The second kappa shape index (κ2) is 13.3. The van der Waals surface area contributed by atoms with Gasteiger partial charge in [0.05, 0.1) is 0 Å². The molecule has 0 saturated heterocycles. The maximum Gasteiger partial charge on any atom is 0.248 e. The smallest absolute Gasteiger partial charge is 0.248 e. The van der Waals surface area contributed by atoms with E-state index in [1.165, 1.54) is 11.0 Å². The van der Waals surface area contributed by atoms with Crippen molar-refractivity contribution in [3.63, 3.8) is 0 Å². The summed E-state index contributed by atoms with van der Waals surface area (Å²) in [5.74, 6) is -1.20. The zero-order valence-electron chi connectivity index (χ0n) is 22.2. The lowest BCUT2D eigenvalue weighted by atomic mass is 9.91. The Labute approximate surface area is 238 Å². The van der Waals surface area contributed by atoms with Crippen LogP contribution < -0.4 is 16.4 Å². The Hall–Kier alpha value is -4.08. The minimum Gasteiger partial charge on any atom is -0.342 e. The summed E-state index contributed by atoms with van der Waals surface area (Å²) in [5, 5.41) is 5.93. The monoisotopic (exact) mass is 561 g/mol. The molecule has 2 heterocycles. The number of Topliss-reactive ketones (excluding diaryl/α,β-unsaturated/α-hetero) is 1. The molecule has 40 heavy (non-hydrogen) atoms. The van der Waals surface area contributed by atoms with Gasteiger partial charge < -0.3 is 21.3 Å². The average Bonchev–Trinajstić information content (AvgIpc) is 2.97. The molecule has 0 aliphatic carbocycles. The summed E-state index contributed by atoms with van der Waals surface area (Å²) in [7, 11) is 0. The first-order valence-corrected chi connectivity index (χ1v) is 13.5. The third kappa shape index (κ3) is 6.91. The molecule has 0 bridgehead atoms. The fourth-order valence-electron chi connectivity index (χ4n) is 4.72. The largest absolute Gasteiger partial charge is 0.342 e. The molecule has 2 atom stereocenters. The number of fused-ring (bicyclic) bond motifs is 1. The molecule has 4 N–H and O–H groups in total. The summed E-state index contributed by atoms with van der Waals surface area (Å²) in [5.41, 5.74) is 8.70. The highest BCUT2D eigenvalue weighted by Crippen LogP contribution is 2.31. The molecule has 9 nitrogen and oxygen atoms in total. The number of pyridine rings is 1. The first-order valence-electron chi connectivity index (χ1n) is 13.2. The van der Waals surface area contributed by atoms with E-state index in [2.05, 4.69) is 15.6 Å². The number of nitrogens with two attached hydrogens (primary N) is 1. The van der Waals surface area contributed by atoms with Gasteiger partial charge in [-0.1, -0.05) is 66.2 Å². The SMILES string of the molecule is Cc1cnc(NC(=O)C(CCN)NC(=O)[C@@H]2c3ccccc3CCN2C(=O)CCC(=O)c2ccccc2)cc1Cl. The molecule has 10 heteroatoms. The van der Waals surface area contributed by atoms with E-state index in [1.807, 2.05) is 30.3 Å². The number of halogens is 1. The summed E-state index contributed by atoms with van der Waals surface area (Å²) >= 11 is 6.16. The van der Waals surface area contributed by atoms with E-state index in [9.17, 15) is 19.2 Å². The van der Waals surface area contributed by atoms with Crippen LogP contribution in [0.15, 0.2) is 66.9 Å². The van der Waals surface area contributed by atoms with Crippen LogP contribution in [0, 0.1) is 6.92 Å². The van der Waals surface area contributed by atoms with Crippen molar-refractivity contribution in [1.82, 2.24) is 15.2 Å². The van der Waals surface area contributed by atoms with Crippen LogP contribution in [0.4, 0.5) is 5.82 Å². The topological polar surface area (TPSA) is 134 Å². The van der Waals surface area contributed by atoms with Crippen molar-refractivity contribution in [3.8, 4) is 0 Å². The molecular weight excluding hydrogens is 530 g/mol. The number of rotatable bonds is 10. The summed E-state index contributed by atoms with van der Waals surface area (Å²) < 4.78 is 0. The standard InChI is InChI=1S/C30H32ClN5O4/c1-19-18-33-26(17-23(19)31)35-29(39)24(13-15-32)34-30(40)28-22-10-6-5-7-20(22)14-16-36(28)27(38)12-11-25(37)21-8-3-2-4-9-21/h2-10,17-18,24,28H,11-16,32H2,1H3,(H,34,40)(H,33,35,39)/t24?,28-/m0/s1. The van der Waals surface area contributed by atoms with E-state index in [4.69, 9.17) is 17.3 Å². The number of nitrogens with zero attached hydrogens (tertiary/aromatic N) is 2.